The van der Waals surface area contributed by atoms with Crippen LogP contribution in [0.3, 0.4) is 0 Å². The third kappa shape index (κ3) is 2.47. The van der Waals surface area contributed by atoms with Crippen molar-refractivity contribution < 1.29 is 19.1 Å². The standard InChI is InChI=1S/C13H16N2O4/c1-15-12(16)7-9(13(15)17)14-8-4-5-10(18-2)11(6-8)19-3/h4-6,9,14H,7H2,1-3H3. The Balaban J connectivity index is 2.16. The maximum Gasteiger partial charge on any atom is 0.251 e. The summed E-state index contributed by atoms with van der Waals surface area (Å²) in [6.45, 7) is 0. The summed E-state index contributed by atoms with van der Waals surface area (Å²) in [6, 6.07) is 4.73. The van der Waals surface area contributed by atoms with Crippen LogP contribution in [-0.4, -0.2) is 44.0 Å². The molecule has 1 aliphatic heterocycles. The minimum Gasteiger partial charge on any atom is -0.493 e. The smallest absolute Gasteiger partial charge is 0.251 e. The molecule has 2 rings (SSSR count). The highest BCUT2D eigenvalue weighted by Gasteiger charge is 2.35. The number of nitrogens with zero attached hydrogens (tertiary/aromatic N) is 1. The van der Waals surface area contributed by atoms with E-state index in [0.717, 1.165) is 4.90 Å². The van der Waals surface area contributed by atoms with Crippen molar-refractivity contribution in [3.05, 3.63) is 18.2 Å². The van der Waals surface area contributed by atoms with Gasteiger partial charge in [0.25, 0.3) is 5.91 Å². The van der Waals surface area contributed by atoms with Gasteiger partial charge < -0.3 is 14.8 Å². The molecule has 1 aromatic rings. The number of carbonyl (C=O) groups is 2. The zero-order valence-electron chi connectivity index (χ0n) is 11.1. The van der Waals surface area contributed by atoms with E-state index in [-0.39, 0.29) is 18.2 Å². The second kappa shape index (κ2) is 5.17. The highest BCUT2D eigenvalue weighted by molar-refractivity contribution is 6.06. The maximum absolute atomic E-state index is 11.8. The molecule has 1 unspecified atom stereocenters. The molecule has 0 radical (unpaired) electrons. The number of methoxy groups -OCH3 is 2. The largest absolute Gasteiger partial charge is 0.493 e. The maximum atomic E-state index is 11.8. The summed E-state index contributed by atoms with van der Waals surface area (Å²) in [5.41, 5.74) is 0.708. The van der Waals surface area contributed by atoms with Crippen LogP contribution in [0, 0.1) is 0 Å². The molecule has 1 aliphatic rings. The van der Waals surface area contributed by atoms with Gasteiger partial charge in [-0.3, -0.25) is 14.5 Å². The van der Waals surface area contributed by atoms with E-state index in [1.807, 2.05) is 0 Å². The average molecular weight is 264 g/mol. The molecule has 0 saturated carbocycles. The number of carbonyl (C=O) groups excluding carboxylic acids is 2. The van der Waals surface area contributed by atoms with E-state index < -0.39 is 6.04 Å². The van der Waals surface area contributed by atoms with Crippen molar-refractivity contribution in [3.8, 4) is 11.5 Å². The van der Waals surface area contributed by atoms with Gasteiger partial charge in [0.15, 0.2) is 11.5 Å². The molecule has 6 heteroatoms. The van der Waals surface area contributed by atoms with Crippen LogP contribution in [0.1, 0.15) is 6.42 Å². The van der Waals surface area contributed by atoms with E-state index >= 15 is 0 Å². The molecule has 0 spiro atoms. The lowest BCUT2D eigenvalue weighted by molar-refractivity contribution is -0.136. The number of benzene rings is 1. The SMILES string of the molecule is COc1ccc(NC2CC(=O)N(C)C2=O)cc1OC. The number of imide groups is 1. The summed E-state index contributed by atoms with van der Waals surface area (Å²) in [4.78, 5) is 24.4. The van der Waals surface area contributed by atoms with E-state index in [2.05, 4.69) is 5.32 Å². The Bertz CT molecular complexity index is 515. The highest BCUT2D eigenvalue weighted by Crippen LogP contribution is 2.30. The van der Waals surface area contributed by atoms with E-state index in [1.54, 1.807) is 32.4 Å². The summed E-state index contributed by atoms with van der Waals surface area (Å²) < 4.78 is 10.3. The molecule has 1 saturated heterocycles. The first-order valence-electron chi connectivity index (χ1n) is 5.85. The van der Waals surface area contributed by atoms with Gasteiger partial charge in [0.2, 0.25) is 5.91 Å². The first kappa shape index (κ1) is 13.2. The fourth-order valence-corrected chi connectivity index (χ4v) is 2.00. The number of hydrogen-bond acceptors (Lipinski definition) is 5. The summed E-state index contributed by atoms with van der Waals surface area (Å²) >= 11 is 0. The van der Waals surface area contributed by atoms with Gasteiger partial charge in [-0.15, -0.1) is 0 Å². The Morgan fingerprint density at radius 2 is 1.89 bits per heavy atom. The van der Waals surface area contributed by atoms with Crippen molar-refractivity contribution >= 4 is 17.5 Å². The first-order chi connectivity index (χ1) is 9.06. The van der Waals surface area contributed by atoms with E-state index in [1.165, 1.54) is 7.05 Å². The molecule has 1 N–H and O–H groups in total. The van der Waals surface area contributed by atoms with Crippen LogP contribution < -0.4 is 14.8 Å². The minimum absolute atomic E-state index is 0.170. The zero-order chi connectivity index (χ0) is 14.0. The van der Waals surface area contributed by atoms with Gasteiger partial charge in [0.05, 0.1) is 20.6 Å². The van der Waals surface area contributed by atoms with Crippen molar-refractivity contribution in [3.63, 3.8) is 0 Å². The molecule has 102 valence electrons. The van der Waals surface area contributed by atoms with Gasteiger partial charge in [-0.2, -0.15) is 0 Å². The van der Waals surface area contributed by atoms with Crippen molar-refractivity contribution in [2.45, 2.75) is 12.5 Å². The monoisotopic (exact) mass is 264 g/mol. The van der Waals surface area contributed by atoms with Crippen LogP contribution in [0.2, 0.25) is 0 Å². The van der Waals surface area contributed by atoms with Gasteiger partial charge >= 0.3 is 0 Å². The van der Waals surface area contributed by atoms with Crippen molar-refractivity contribution in [2.75, 3.05) is 26.6 Å². The summed E-state index contributed by atoms with van der Waals surface area (Å²) in [5, 5.41) is 3.03. The second-order valence-electron chi connectivity index (χ2n) is 4.26. The van der Waals surface area contributed by atoms with Crippen LogP contribution in [0.25, 0.3) is 0 Å². The van der Waals surface area contributed by atoms with Gasteiger partial charge in [-0.05, 0) is 12.1 Å². The molecule has 1 fully saturated rings. The molecule has 2 amide bonds. The lowest BCUT2D eigenvalue weighted by Crippen LogP contribution is -2.31. The normalized spacial score (nSPS) is 18.7. The quantitative estimate of drug-likeness (QED) is 0.817. The molecule has 0 aromatic heterocycles. The summed E-state index contributed by atoms with van der Waals surface area (Å²) in [6.07, 6.45) is 0.170. The van der Waals surface area contributed by atoms with Gasteiger partial charge in [-0.25, -0.2) is 0 Å². The third-order valence-electron chi connectivity index (χ3n) is 3.11. The lowest BCUT2D eigenvalue weighted by atomic mass is 10.2. The predicted octanol–water partition coefficient (Wildman–Crippen LogP) is 0.873. The number of likely N-dealkylation sites (tertiary alicyclic amines) is 1. The Labute approximate surface area is 111 Å². The Kier molecular flexibility index (Phi) is 3.59. The van der Waals surface area contributed by atoms with Crippen LogP contribution in [0.4, 0.5) is 5.69 Å². The molecule has 1 heterocycles. The fraction of sp³-hybridized carbons (Fsp3) is 0.385. The van der Waals surface area contributed by atoms with E-state index in [0.29, 0.717) is 17.2 Å². The van der Waals surface area contributed by atoms with Crippen LogP contribution >= 0.6 is 0 Å². The van der Waals surface area contributed by atoms with E-state index in [9.17, 15) is 9.59 Å². The summed E-state index contributed by atoms with van der Waals surface area (Å²) in [5.74, 6) is 0.777. The predicted molar refractivity (Wildman–Crippen MR) is 69.4 cm³/mol. The number of likely N-dealkylation sites (N-methyl/N-ethyl adjacent to an activating group) is 1. The number of rotatable bonds is 4. The van der Waals surface area contributed by atoms with Crippen LogP contribution in [0.5, 0.6) is 11.5 Å². The fourth-order valence-electron chi connectivity index (χ4n) is 2.00. The first-order valence-corrected chi connectivity index (χ1v) is 5.85. The van der Waals surface area contributed by atoms with E-state index in [4.69, 9.17) is 9.47 Å². The van der Waals surface area contributed by atoms with Crippen LogP contribution in [0.15, 0.2) is 18.2 Å². The topological polar surface area (TPSA) is 67.9 Å². The van der Waals surface area contributed by atoms with Crippen molar-refractivity contribution in [1.82, 2.24) is 4.90 Å². The molecular weight excluding hydrogens is 248 g/mol. The summed E-state index contributed by atoms with van der Waals surface area (Å²) in [7, 11) is 4.58. The Morgan fingerprint density at radius 1 is 1.21 bits per heavy atom. The third-order valence-corrected chi connectivity index (χ3v) is 3.11. The molecule has 0 bridgehead atoms. The molecule has 1 atom stereocenters. The van der Waals surface area contributed by atoms with Gasteiger partial charge in [0.1, 0.15) is 6.04 Å². The van der Waals surface area contributed by atoms with Gasteiger partial charge in [0, 0.05) is 18.8 Å². The highest BCUT2D eigenvalue weighted by atomic mass is 16.5. The number of ether oxygens (including phenoxy) is 2. The molecule has 0 aliphatic carbocycles. The molecule has 6 nitrogen and oxygen atoms in total. The van der Waals surface area contributed by atoms with Crippen LogP contribution in [-0.2, 0) is 9.59 Å². The Morgan fingerprint density at radius 3 is 2.42 bits per heavy atom. The molecule has 19 heavy (non-hydrogen) atoms. The van der Waals surface area contributed by atoms with Crippen molar-refractivity contribution in [2.24, 2.45) is 0 Å². The number of anilines is 1. The van der Waals surface area contributed by atoms with Gasteiger partial charge in [-0.1, -0.05) is 0 Å². The molecular formula is C13H16N2O4. The Hall–Kier alpha value is -2.24. The average Bonchev–Trinajstić information content (AvgIpc) is 2.66. The zero-order valence-corrected chi connectivity index (χ0v) is 11.1. The number of amides is 2. The lowest BCUT2D eigenvalue weighted by Gasteiger charge is -2.14. The second-order valence-corrected chi connectivity index (χ2v) is 4.26. The van der Waals surface area contributed by atoms with Crippen molar-refractivity contribution in [1.29, 1.82) is 0 Å². The number of nitrogens with one attached hydrogen (secondary N) is 1. The molecule has 1 aromatic carbocycles. The number of hydrogen-bond donors (Lipinski definition) is 1. The minimum atomic E-state index is -0.518.